The molecule has 0 radical (unpaired) electrons. The van der Waals surface area contributed by atoms with E-state index >= 15 is 0 Å². The van der Waals surface area contributed by atoms with Crippen LogP contribution in [0.25, 0.3) is 0 Å². The smallest absolute Gasteiger partial charge is 0.0574 e. The molecular weight excluding hydrogens is 266 g/mol. The molecule has 0 saturated carbocycles. The predicted molar refractivity (Wildman–Crippen MR) is 86.1 cm³/mol. The van der Waals surface area contributed by atoms with Crippen LogP contribution in [0, 0.1) is 0 Å². The van der Waals surface area contributed by atoms with E-state index in [2.05, 4.69) is 32.9 Å². The van der Waals surface area contributed by atoms with Crippen LogP contribution in [-0.4, -0.2) is 4.21 Å². The zero-order chi connectivity index (χ0) is 14.8. The summed E-state index contributed by atoms with van der Waals surface area (Å²) in [4.78, 5) is 0.848. The first kappa shape index (κ1) is 14.8. The SMILES string of the molecule is CC(C)(C)c1ccc(S(=O)Cc2ccccc2N)cc1. The number of benzene rings is 2. The first-order valence-corrected chi connectivity index (χ1v) is 8.02. The van der Waals surface area contributed by atoms with Gasteiger partial charge in [0.05, 0.1) is 16.6 Å². The predicted octanol–water partition coefficient (Wildman–Crippen LogP) is 3.87. The van der Waals surface area contributed by atoms with Crippen LogP contribution in [0.2, 0.25) is 0 Å². The van der Waals surface area contributed by atoms with Gasteiger partial charge >= 0.3 is 0 Å². The molecule has 106 valence electrons. The number of hydrogen-bond donors (Lipinski definition) is 1. The van der Waals surface area contributed by atoms with Gasteiger partial charge in [-0.25, -0.2) is 0 Å². The average molecular weight is 287 g/mol. The third-order valence-corrected chi connectivity index (χ3v) is 4.70. The Balaban J connectivity index is 2.16. The Morgan fingerprint density at radius 1 is 1.00 bits per heavy atom. The number of rotatable bonds is 3. The first-order valence-electron chi connectivity index (χ1n) is 6.70. The maximum absolute atomic E-state index is 12.4. The molecular formula is C17H21NOS. The second-order valence-corrected chi connectivity index (χ2v) is 7.41. The second kappa shape index (κ2) is 5.80. The third kappa shape index (κ3) is 3.48. The Morgan fingerprint density at radius 3 is 2.15 bits per heavy atom. The van der Waals surface area contributed by atoms with E-state index in [-0.39, 0.29) is 5.41 Å². The van der Waals surface area contributed by atoms with Crippen LogP contribution in [-0.2, 0) is 22.0 Å². The molecule has 0 fully saturated rings. The molecule has 2 N–H and O–H groups in total. The quantitative estimate of drug-likeness (QED) is 0.871. The lowest BCUT2D eigenvalue weighted by atomic mass is 9.87. The van der Waals surface area contributed by atoms with E-state index in [1.807, 2.05) is 36.4 Å². The van der Waals surface area contributed by atoms with Crippen LogP contribution in [0.1, 0.15) is 31.9 Å². The first-order chi connectivity index (χ1) is 9.38. The van der Waals surface area contributed by atoms with Crippen LogP contribution in [0.5, 0.6) is 0 Å². The standard InChI is InChI=1S/C17H21NOS/c1-17(2,3)14-8-10-15(11-9-14)20(19)12-13-6-4-5-7-16(13)18/h4-11H,12,18H2,1-3H3. The molecule has 0 spiro atoms. The van der Waals surface area contributed by atoms with Gasteiger partial charge in [0.15, 0.2) is 0 Å². The van der Waals surface area contributed by atoms with E-state index in [1.54, 1.807) is 0 Å². The van der Waals surface area contributed by atoms with Gasteiger partial charge in [0.25, 0.3) is 0 Å². The van der Waals surface area contributed by atoms with Crippen LogP contribution >= 0.6 is 0 Å². The third-order valence-electron chi connectivity index (χ3n) is 3.32. The number of anilines is 1. The number of nitrogen functional groups attached to an aromatic ring is 1. The van der Waals surface area contributed by atoms with Crippen molar-refractivity contribution in [1.29, 1.82) is 0 Å². The van der Waals surface area contributed by atoms with Gasteiger partial charge in [-0.2, -0.15) is 0 Å². The molecule has 2 nitrogen and oxygen atoms in total. The van der Waals surface area contributed by atoms with E-state index in [9.17, 15) is 4.21 Å². The summed E-state index contributed by atoms with van der Waals surface area (Å²) < 4.78 is 12.4. The van der Waals surface area contributed by atoms with Gasteiger partial charge in [0.2, 0.25) is 0 Å². The van der Waals surface area contributed by atoms with E-state index in [4.69, 9.17) is 5.73 Å². The van der Waals surface area contributed by atoms with Gasteiger partial charge in [-0.05, 0) is 34.7 Å². The van der Waals surface area contributed by atoms with Gasteiger partial charge in [0, 0.05) is 10.6 Å². The van der Waals surface area contributed by atoms with Crippen molar-refractivity contribution < 1.29 is 4.21 Å². The highest BCUT2D eigenvalue weighted by atomic mass is 32.2. The largest absolute Gasteiger partial charge is 0.398 e. The molecule has 20 heavy (non-hydrogen) atoms. The highest BCUT2D eigenvalue weighted by Crippen LogP contribution is 2.24. The fourth-order valence-corrected chi connectivity index (χ4v) is 3.15. The fraction of sp³-hybridized carbons (Fsp3) is 0.294. The topological polar surface area (TPSA) is 43.1 Å². The highest BCUT2D eigenvalue weighted by Gasteiger charge is 2.14. The lowest BCUT2D eigenvalue weighted by Gasteiger charge is -2.19. The number of para-hydroxylation sites is 1. The molecule has 0 aliphatic rings. The molecule has 0 heterocycles. The van der Waals surface area contributed by atoms with Crippen molar-refractivity contribution in [3.05, 3.63) is 59.7 Å². The molecule has 1 atom stereocenters. The minimum Gasteiger partial charge on any atom is -0.398 e. The maximum atomic E-state index is 12.4. The van der Waals surface area contributed by atoms with Gasteiger partial charge < -0.3 is 5.73 Å². The summed E-state index contributed by atoms with van der Waals surface area (Å²) in [6, 6.07) is 15.6. The van der Waals surface area contributed by atoms with E-state index in [1.165, 1.54) is 5.56 Å². The minimum absolute atomic E-state index is 0.115. The van der Waals surface area contributed by atoms with Crippen molar-refractivity contribution in [2.24, 2.45) is 0 Å². The Labute approximate surface area is 123 Å². The van der Waals surface area contributed by atoms with E-state index in [0.29, 0.717) is 11.4 Å². The van der Waals surface area contributed by atoms with Crippen molar-refractivity contribution in [2.75, 3.05) is 5.73 Å². The van der Waals surface area contributed by atoms with Crippen LogP contribution in [0.3, 0.4) is 0 Å². The lowest BCUT2D eigenvalue weighted by molar-refractivity contribution is 0.589. The maximum Gasteiger partial charge on any atom is 0.0574 e. The Hall–Kier alpha value is -1.61. The number of nitrogens with two attached hydrogens (primary N) is 1. The molecule has 0 aromatic heterocycles. The molecule has 0 aliphatic carbocycles. The summed E-state index contributed by atoms with van der Waals surface area (Å²) in [5.41, 5.74) is 8.89. The summed E-state index contributed by atoms with van der Waals surface area (Å²) in [5, 5.41) is 0. The van der Waals surface area contributed by atoms with Crippen molar-refractivity contribution >= 4 is 16.5 Å². The molecule has 0 bridgehead atoms. The van der Waals surface area contributed by atoms with Crippen LogP contribution < -0.4 is 5.73 Å². The van der Waals surface area contributed by atoms with Gasteiger partial charge in [-0.3, -0.25) is 4.21 Å². The Morgan fingerprint density at radius 2 is 1.60 bits per heavy atom. The number of hydrogen-bond acceptors (Lipinski definition) is 2. The summed E-state index contributed by atoms with van der Waals surface area (Å²) in [6.45, 7) is 6.51. The van der Waals surface area contributed by atoms with Crippen molar-refractivity contribution in [1.82, 2.24) is 0 Å². The fourth-order valence-electron chi connectivity index (χ4n) is 2.00. The Bertz CT molecular complexity index is 612. The molecule has 0 aliphatic heterocycles. The van der Waals surface area contributed by atoms with Crippen molar-refractivity contribution in [2.45, 2.75) is 36.8 Å². The summed E-state index contributed by atoms with van der Waals surface area (Å²) in [5.74, 6) is 0.460. The van der Waals surface area contributed by atoms with Crippen molar-refractivity contribution in [3.8, 4) is 0 Å². The minimum atomic E-state index is -1.06. The Kier molecular flexibility index (Phi) is 4.29. The zero-order valence-corrected chi connectivity index (χ0v) is 13.0. The second-order valence-electron chi connectivity index (χ2n) is 5.96. The summed E-state index contributed by atoms with van der Waals surface area (Å²) in [7, 11) is -1.06. The average Bonchev–Trinajstić information content (AvgIpc) is 2.40. The highest BCUT2D eigenvalue weighted by molar-refractivity contribution is 7.84. The van der Waals surface area contributed by atoms with Gasteiger partial charge in [0.1, 0.15) is 0 Å². The summed E-state index contributed by atoms with van der Waals surface area (Å²) >= 11 is 0. The molecule has 2 aromatic carbocycles. The molecule has 2 rings (SSSR count). The normalized spacial score (nSPS) is 13.2. The molecule has 0 saturated heterocycles. The molecule has 3 heteroatoms. The molecule has 0 amide bonds. The van der Waals surface area contributed by atoms with Gasteiger partial charge in [-0.1, -0.05) is 51.1 Å². The van der Waals surface area contributed by atoms with Crippen LogP contribution in [0.4, 0.5) is 5.69 Å². The van der Waals surface area contributed by atoms with E-state index < -0.39 is 10.8 Å². The monoisotopic (exact) mass is 287 g/mol. The van der Waals surface area contributed by atoms with E-state index in [0.717, 1.165) is 10.5 Å². The zero-order valence-electron chi connectivity index (χ0n) is 12.2. The van der Waals surface area contributed by atoms with Crippen LogP contribution in [0.15, 0.2) is 53.4 Å². The molecule has 1 unspecified atom stereocenters. The molecule has 2 aromatic rings. The van der Waals surface area contributed by atoms with Crippen molar-refractivity contribution in [3.63, 3.8) is 0 Å². The lowest BCUT2D eigenvalue weighted by Crippen LogP contribution is -2.11. The summed E-state index contributed by atoms with van der Waals surface area (Å²) in [6.07, 6.45) is 0. The van der Waals surface area contributed by atoms with Gasteiger partial charge in [-0.15, -0.1) is 0 Å².